The highest BCUT2D eigenvalue weighted by atomic mass is 31.2. The van der Waals surface area contributed by atoms with Crippen molar-refractivity contribution in [3.8, 4) is 0 Å². The van der Waals surface area contributed by atoms with Gasteiger partial charge in [0.2, 0.25) is 0 Å². The fourth-order valence-electron chi connectivity index (χ4n) is 5.50. The number of ether oxygens (including phenoxy) is 2. The number of nitrogens with zero attached hydrogens (tertiary/aromatic N) is 1. The highest BCUT2D eigenvalue weighted by Crippen LogP contribution is 2.38. The summed E-state index contributed by atoms with van der Waals surface area (Å²) in [5, 5.41) is 0. The molecule has 328 valence electrons. The molecule has 0 fully saturated rings. The van der Waals surface area contributed by atoms with E-state index in [-0.39, 0.29) is 26.1 Å². The fraction of sp³-hybridized carbons (Fsp3) is 0.702. The average Bonchev–Trinajstić information content (AvgIpc) is 3.16. The van der Waals surface area contributed by atoms with Crippen LogP contribution < -0.4 is 4.89 Å². The Kier molecular flexibility index (Phi) is 37.2. The number of carbonyl (C=O) groups excluding carboxylic acids is 2. The van der Waals surface area contributed by atoms with E-state index in [0.717, 1.165) is 103 Å². The third-order valence-corrected chi connectivity index (χ3v) is 9.92. The first kappa shape index (κ1) is 54.5. The Morgan fingerprint density at radius 3 is 1.51 bits per heavy atom. The molecule has 0 bridgehead atoms. The van der Waals surface area contributed by atoms with Crippen LogP contribution in [-0.4, -0.2) is 70.0 Å². The van der Waals surface area contributed by atoms with Gasteiger partial charge < -0.3 is 27.9 Å². The van der Waals surface area contributed by atoms with Crippen LogP contribution in [0.15, 0.2) is 72.9 Å². The van der Waals surface area contributed by atoms with E-state index in [0.29, 0.717) is 23.9 Å². The van der Waals surface area contributed by atoms with Crippen molar-refractivity contribution < 1.29 is 42.1 Å². The van der Waals surface area contributed by atoms with E-state index in [4.69, 9.17) is 18.5 Å². The largest absolute Gasteiger partial charge is 0.756 e. The number of phosphoric ester groups is 1. The summed E-state index contributed by atoms with van der Waals surface area (Å²) in [7, 11) is 1.13. The Morgan fingerprint density at radius 1 is 0.561 bits per heavy atom. The summed E-state index contributed by atoms with van der Waals surface area (Å²) in [4.78, 5) is 37.5. The van der Waals surface area contributed by atoms with Gasteiger partial charge in [-0.1, -0.05) is 138 Å². The van der Waals surface area contributed by atoms with Crippen LogP contribution >= 0.6 is 7.82 Å². The molecule has 0 aliphatic heterocycles. The Balaban J connectivity index is 4.40. The molecule has 9 nitrogen and oxygen atoms in total. The van der Waals surface area contributed by atoms with Crippen LogP contribution in [0.5, 0.6) is 0 Å². The zero-order chi connectivity index (χ0) is 42.1. The Morgan fingerprint density at radius 2 is 1.00 bits per heavy atom. The second-order valence-electron chi connectivity index (χ2n) is 15.7. The van der Waals surface area contributed by atoms with E-state index in [9.17, 15) is 19.0 Å². The van der Waals surface area contributed by atoms with Crippen LogP contribution in [0.3, 0.4) is 0 Å². The van der Waals surface area contributed by atoms with E-state index >= 15 is 0 Å². The number of rotatable bonds is 39. The molecule has 2 unspecified atom stereocenters. The summed E-state index contributed by atoms with van der Waals surface area (Å²) in [5.41, 5.74) is 0. The van der Waals surface area contributed by atoms with E-state index in [2.05, 4.69) is 86.8 Å². The maximum absolute atomic E-state index is 12.7. The molecule has 0 radical (unpaired) electrons. The van der Waals surface area contributed by atoms with Gasteiger partial charge in [-0.25, -0.2) is 0 Å². The molecular formula is C47H82NO8P. The molecule has 0 saturated heterocycles. The highest BCUT2D eigenvalue weighted by Gasteiger charge is 2.21. The molecule has 0 rings (SSSR count). The van der Waals surface area contributed by atoms with Gasteiger partial charge in [0.1, 0.15) is 19.8 Å². The predicted octanol–water partition coefficient (Wildman–Crippen LogP) is 12.0. The van der Waals surface area contributed by atoms with E-state index in [1.54, 1.807) is 0 Å². The van der Waals surface area contributed by atoms with Gasteiger partial charge in [-0.15, -0.1) is 0 Å². The van der Waals surface area contributed by atoms with Crippen LogP contribution in [0.1, 0.15) is 162 Å². The molecular weight excluding hydrogens is 737 g/mol. The predicted molar refractivity (Wildman–Crippen MR) is 236 cm³/mol. The number of hydrogen-bond donors (Lipinski definition) is 0. The molecule has 0 aromatic rings. The summed E-state index contributed by atoms with van der Waals surface area (Å²) in [6, 6.07) is 0. The molecule has 10 heteroatoms. The highest BCUT2D eigenvalue weighted by molar-refractivity contribution is 7.45. The zero-order valence-corrected chi connectivity index (χ0v) is 37.7. The van der Waals surface area contributed by atoms with Crippen molar-refractivity contribution in [2.24, 2.45) is 0 Å². The number of unbranched alkanes of at least 4 members (excludes halogenated alkanes) is 13. The van der Waals surface area contributed by atoms with Gasteiger partial charge in [0.15, 0.2) is 6.10 Å². The van der Waals surface area contributed by atoms with Gasteiger partial charge in [0.25, 0.3) is 7.82 Å². The second kappa shape index (κ2) is 38.9. The number of quaternary nitrogens is 1. The van der Waals surface area contributed by atoms with E-state index in [1.807, 2.05) is 21.1 Å². The number of hydrogen-bond acceptors (Lipinski definition) is 8. The molecule has 0 N–H and O–H groups in total. The molecule has 0 aromatic heterocycles. The summed E-state index contributed by atoms with van der Waals surface area (Å²) in [5.74, 6) is -0.874. The lowest BCUT2D eigenvalue weighted by atomic mass is 10.1. The average molecular weight is 820 g/mol. The van der Waals surface area contributed by atoms with Gasteiger partial charge in [-0.3, -0.25) is 14.2 Å². The third kappa shape index (κ3) is 42.9. The van der Waals surface area contributed by atoms with Gasteiger partial charge in [-0.05, 0) is 83.5 Å². The number of esters is 2. The lowest BCUT2D eigenvalue weighted by molar-refractivity contribution is -0.870. The number of likely N-dealkylation sites (N-methyl/N-ethyl adjacent to an activating group) is 1. The summed E-state index contributed by atoms with van der Waals surface area (Å²) < 4.78 is 33.8. The molecule has 0 spiro atoms. The smallest absolute Gasteiger partial charge is 0.306 e. The number of carbonyl (C=O) groups is 2. The van der Waals surface area contributed by atoms with Gasteiger partial charge in [0, 0.05) is 12.8 Å². The Bertz CT molecular complexity index is 1200. The van der Waals surface area contributed by atoms with Crippen LogP contribution in [0.2, 0.25) is 0 Å². The quantitative estimate of drug-likeness (QED) is 0.0198. The normalized spacial score (nSPS) is 14.3. The topological polar surface area (TPSA) is 111 Å². The monoisotopic (exact) mass is 820 g/mol. The molecule has 0 aliphatic rings. The molecule has 2 atom stereocenters. The van der Waals surface area contributed by atoms with Crippen molar-refractivity contribution in [2.45, 2.75) is 168 Å². The third-order valence-electron chi connectivity index (χ3n) is 8.96. The first-order valence-corrected chi connectivity index (χ1v) is 23.6. The summed E-state index contributed by atoms with van der Waals surface area (Å²) in [6.07, 6.45) is 47.8. The lowest BCUT2D eigenvalue weighted by Crippen LogP contribution is -2.37. The van der Waals surface area contributed by atoms with Gasteiger partial charge >= 0.3 is 11.9 Å². The molecule has 0 saturated carbocycles. The van der Waals surface area contributed by atoms with Crippen LogP contribution in [0.4, 0.5) is 0 Å². The van der Waals surface area contributed by atoms with Crippen LogP contribution in [0.25, 0.3) is 0 Å². The second-order valence-corrected chi connectivity index (χ2v) is 17.1. The number of allylic oxidation sites excluding steroid dienone is 12. The van der Waals surface area contributed by atoms with Crippen molar-refractivity contribution in [2.75, 3.05) is 47.5 Å². The maximum Gasteiger partial charge on any atom is 0.306 e. The van der Waals surface area contributed by atoms with Crippen molar-refractivity contribution in [1.29, 1.82) is 0 Å². The summed E-state index contributed by atoms with van der Waals surface area (Å²) in [6.45, 7) is 4.03. The molecule has 0 aromatic carbocycles. The van der Waals surface area contributed by atoms with E-state index < -0.39 is 32.5 Å². The Labute approximate surface area is 348 Å². The number of phosphoric acid groups is 1. The molecule has 0 heterocycles. The van der Waals surface area contributed by atoms with Crippen molar-refractivity contribution in [3.63, 3.8) is 0 Å². The maximum atomic E-state index is 12.7. The van der Waals surface area contributed by atoms with Crippen molar-refractivity contribution in [1.82, 2.24) is 0 Å². The minimum Gasteiger partial charge on any atom is -0.756 e. The molecule has 0 amide bonds. The fourth-order valence-corrected chi connectivity index (χ4v) is 6.23. The minimum absolute atomic E-state index is 0.0399. The van der Waals surface area contributed by atoms with Crippen LogP contribution in [-0.2, 0) is 32.7 Å². The van der Waals surface area contributed by atoms with E-state index in [1.165, 1.54) is 19.3 Å². The Hall–Kier alpha value is -2.55. The first-order valence-electron chi connectivity index (χ1n) is 22.1. The standard InChI is InChI=1S/C47H82NO8P/c1-6-8-10-12-14-16-18-20-21-22-23-24-25-26-27-28-30-32-34-36-38-40-47(50)56-45(44-55-57(51,52)54-42-41-48(3,4)5)43-53-46(49)39-37-35-33-31-29-19-17-15-13-11-9-7-2/h8,10,14-17,20-21,23-24,26-27,45H,6-7,9,11-13,18-19,22,25,28-44H2,1-5H3/b10-8-,16-14-,17-15-,21-20-,24-23-,27-26-. The molecule has 0 aliphatic carbocycles. The minimum atomic E-state index is -4.63. The van der Waals surface area contributed by atoms with Gasteiger partial charge in [-0.2, -0.15) is 0 Å². The lowest BCUT2D eigenvalue weighted by Gasteiger charge is -2.28. The van der Waals surface area contributed by atoms with Crippen molar-refractivity contribution in [3.05, 3.63) is 72.9 Å². The summed E-state index contributed by atoms with van der Waals surface area (Å²) >= 11 is 0. The SMILES string of the molecule is CC/C=C\C/C=C\C/C=C\C/C=C\C/C=C\CCCCCCCC(=O)OC(COC(=O)CCCCCCC/C=C\CCCCC)COP(=O)([O-])OCC[N+](C)(C)C. The molecule has 57 heavy (non-hydrogen) atoms. The zero-order valence-electron chi connectivity index (χ0n) is 36.8. The first-order chi connectivity index (χ1) is 27.5. The van der Waals surface area contributed by atoms with Crippen LogP contribution in [0, 0.1) is 0 Å². The van der Waals surface area contributed by atoms with Crippen molar-refractivity contribution >= 4 is 19.8 Å². The van der Waals surface area contributed by atoms with Gasteiger partial charge in [0.05, 0.1) is 27.7 Å².